The standard InChI is InChI=1S/C12H22N4O2S/c1-3-13-8-11-9-14-15-12(11)19(17,18)16-6-4-10(2)5-7-16/h9-10,13H,3-8H2,1-2H3,(H,14,15). The molecule has 0 bridgehead atoms. The second-order valence-electron chi connectivity index (χ2n) is 5.09. The summed E-state index contributed by atoms with van der Waals surface area (Å²) in [6.07, 6.45) is 3.44. The van der Waals surface area contributed by atoms with Crippen LogP contribution < -0.4 is 5.32 Å². The first-order chi connectivity index (χ1) is 9.05. The van der Waals surface area contributed by atoms with Crippen LogP contribution in [-0.2, 0) is 16.6 Å². The fourth-order valence-electron chi connectivity index (χ4n) is 2.26. The highest BCUT2D eigenvalue weighted by Gasteiger charge is 2.30. The average Bonchev–Trinajstić information content (AvgIpc) is 2.86. The number of nitrogens with zero attached hydrogens (tertiary/aromatic N) is 2. The summed E-state index contributed by atoms with van der Waals surface area (Å²) in [7, 11) is -3.43. The zero-order chi connectivity index (χ0) is 13.9. The van der Waals surface area contributed by atoms with E-state index in [2.05, 4.69) is 22.4 Å². The maximum absolute atomic E-state index is 12.6. The van der Waals surface area contributed by atoms with Crippen LogP contribution in [0.1, 0.15) is 32.3 Å². The summed E-state index contributed by atoms with van der Waals surface area (Å²) in [5.74, 6) is 0.606. The Hall–Kier alpha value is -0.920. The smallest absolute Gasteiger partial charge is 0.260 e. The van der Waals surface area contributed by atoms with Gasteiger partial charge in [-0.3, -0.25) is 5.10 Å². The number of piperidine rings is 1. The van der Waals surface area contributed by atoms with E-state index in [9.17, 15) is 8.42 Å². The molecule has 2 heterocycles. The van der Waals surface area contributed by atoms with Crippen molar-refractivity contribution in [3.8, 4) is 0 Å². The molecule has 108 valence electrons. The molecule has 2 rings (SSSR count). The number of aromatic nitrogens is 2. The van der Waals surface area contributed by atoms with E-state index in [-0.39, 0.29) is 5.03 Å². The topological polar surface area (TPSA) is 78.1 Å². The lowest BCUT2D eigenvalue weighted by Crippen LogP contribution is -2.38. The van der Waals surface area contributed by atoms with Crippen LogP contribution in [0.5, 0.6) is 0 Å². The van der Waals surface area contributed by atoms with Crippen molar-refractivity contribution in [2.24, 2.45) is 5.92 Å². The van der Waals surface area contributed by atoms with Crippen molar-refractivity contribution in [3.05, 3.63) is 11.8 Å². The fraction of sp³-hybridized carbons (Fsp3) is 0.750. The van der Waals surface area contributed by atoms with Crippen molar-refractivity contribution >= 4 is 10.0 Å². The van der Waals surface area contributed by atoms with Crippen molar-refractivity contribution in [1.29, 1.82) is 0 Å². The van der Waals surface area contributed by atoms with Crippen LogP contribution in [0.4, 0.5) is 0 Å². The SMILES string of the molecule is CCNCc1cn[nH]c1S(=O)(=O)N1CCC(C)CC1. The Morgan fingerprint density at radius 3 is 2.79 bits per heavy atom. The Morgan fingerprint density at radius 1 is 1.47 bits per heavy atom. The van der Waals surface area contributed by atoms with Gasteiger partial charge in [-0.15, -0.1) is 0 Å². The van der Waals surface area contributed by atoms with Gasteiger partial charge >= 0.3 is 0 Å². The number of hydrogen-bond acceptors (Lipinski definition) is 4. The predicted octanol–water partition coefficient (Wildman–Crippen LogP) is 0.940. The van der Waals surface area contributed by atoms with Crippen LogP contribution in [0.2, 0.25) is 0 Å². The molecule has 1 fully saturated rings. The summed E-state index contributed by atoms with van der Waals surface area (Å²) >= 11 is 0. The minimum absolute atomic E-state index is 0.239. The number of H-pyrrole nitrogens is 1. The molecule has 7 heteroatoms. The third kappa shape index (κ3) is 3.16. The molecule has 2 N–H and O–H groups in total. The molecule has 0 aliphatic carbocycles. The lowest BCUT2D eigenvalue weighted by Gasteiger charge is -2.29. The van der Waals surface area contributed by atoms with E-state index in [4.69, 9.17) is 0 Å². The van der Waals surface area contributed by atoms with E-state index in [0.717, 1.165) is 19.4 Å². The van der Waals surface area contributed by atoms with Gasteiger partial charge in [0, 0.05) is 25.2 Å². The molecule has 19 heavy (non-hydrogen) atoms. The van der Waals surface area contributed by atoms with Crippen molar-refractivity contribution in [1.82, 2.24) is 19.8 Å². The van der Waals surface area contributed by atoms with E-state index in [0.29, 0.717) is 31.1 Å². The number of rotatable bonds is 5. The van der Waals surface area contributed by atoms with Crippen molar-refractivity contribution in [2.45, 2.75) is 38.3 Å². The Balaban J connectivity index is 2.17. The highest BCUT2D eigenvalue weighted by atomic mass is 32.2. The van der Waals surface area contributed by atoms with Crippen LogP contribution in [-0.4, -0.2) is 42.6 Å². The van der Waals surface area contributed by atoms with Gasteiger partial charge < -0.3 is 5.32 Å². The van der Waals surface area contributed by atoms with Crippen LogP contribution in [0.15, 0.2) is 11.2 Å². The van der Waals surface area contributed by atoms with Crippen LogP contribution in [0.25, 0.3) is 0 Å². The highest BCUT2D eigenvalue weighted by molar-refractivity contribution is 7.89. The zero-order valence-corrected chi connectivity index (χ0v) is 12.3. The quantitative estimate of drug-likeness (QED) is 0.844. The third-order valence-electron chi connectivity index (χ3n) is 3.58. The van der Waals surface area contributed by atoms with Gasteiger partial charge in [-0.1, -0.05) is 13.8 Å². The summed E-state index contributed by atoms with van der Waals surface area (Å²) in [6, 6.07) is 0. The van der Waals surface area contributed by atoms with Gasteiger partial charge in [0.15, 0.2) is 5.03 Å². The summed E-state index contributed by atoms with van der Waals surface area (Å²) < 4.78 is 26.7. The van der Waals surface area contributed by atoms with Crippen LogP contribution >= 0.6 is 0 Å². The Morgan fingerprint density at radius 2 is 2.16 bits per heavy atom. The average molecular weight is 286 g/mol. The van der Waals surface area contributed by atoms with Crippen molar-refractivity contribution in [2.75, 3.05) is 19.6 Å². The number of nitrogens with one attached hydrogen (secondary N) is 2. The minimum Gasteiger partial charge on any atom is -0.313 e. The molecule has 0 aromatic carbocycles. The maximum atomic E-state index is 12.6. The third-order valence-corrected chi connectivity index (χ3v) is 5.50. The first-order valence-corrected chi connectivity index (χ1v) is 8.22. The van der Waals surface area contributed by atoms with E-state index in [1.807, 2.05) is 6.92 Å². The normalized spacial score (nSPS) is 18.8. The summed E-state index contributed by atoms with van der Waals surface area (Å²) in [5, 5.41) is 9.89. The number of sulfonamides is 1. The van der Waals surface area contributed by atoms with E-state index in [1.165, 1.54) is 0 Å². The molecule has 0 atom stereocenters. The van der Waals surface area contributed by atoms with E-state index < -0.39 is 10.0 Å². The maximum Gasteiger partial charge on any atom is 0.260 e. The van der Waals surface area contributed by atoms with Gasteiger partial charge in [0.2, 0.25) is 0 Å². The summed E-state index contributed by atoms with van der Waals surface area (Å²) in [4.78, 5) is 0. The second kappa shape index (κ2) is 6.02. The molecule has 1 aliphatic heterocycles. The van der Waals surface area contributed by atoms with Gasteiger partial charge in [0.1, 0.15) is 0 Å². The summed E-state index contributed by atoms with van der Waals surface area (Å²) in [5.41, 5.74) is 0.709. The molecule has 0 spiro atoms. The second-order valence-corrected chi connectivity index (χ2v) is 6.97. The van der Waals surface area contributed by atoms with Gasteiger partial charge in [-0.2, -0.15) is 9.40 Å². The van der Waals surface area contributed by atoms with Crippen LogP contribution in [0, 0.1) is 5.92 Å². The fourth-order valence-corrected chi connectivity index (χ4v) is 3.84. The van der Waals surface area contributed by atoms with Crippen LogP contribution in [0.3, 0.4) is 0 Å². The Kier molecular flexibility index (Phi) is 4.59. The lowest BCUT2D eigenvalue weighted by molar-refractivity contribution is 0.287. The highest BCUT2D eigenvalue weighted by Crippen LogP contribution is 2.24. The first kappa shape index (κ1) is 14.5. The molecular formula is C12H22N4O2S. The van der Waals surface area contributed by atoms with E-state index in [1.54, 1.807) is 10.5 Å². The Bertz CT molecular complexity index is 504. The predicted molar refractivity (Wildman–Crippen MR) is 73.1 cm³/mol. The first-order valence-electron chi connectivity index (χ1n) is 6.78. The van der Waals surface area contributed by atoms with Gasteiger partial charge in [0.05, 0.1) is 6.20 Å². The van der Waals surface area contributed by atoms with E-state index >= 15 is 0 Å². The minimum atomic E-state index is -3.43. The lowest BCUT2D eigenvalue weighted by atomic mass is 10.0. The molecule has 1 aliphatic rings. The molecule has 0 unspecified atom stereocenters. The monoisotopic (exact) mass is 286 g/mol. The molecule has 0 amide bonds. The molecule has 0 saturated carbocycles. The molecule has 1 aromatic heterocycles. The van der Waals surface area contributed by atoms with Crippen molar-refractivity contribution in [3.63, 3.8) is 0 Å². The summed E-state index contributed by atoms with van der Waals surface area (Å²) in [6.45, 7) is 6.67. The number of aromatic amines is 1. The molecule has 6 nitrogen and oxygen atoms in total. The molecule has 0 radical (unpaired) electrons. The van der Waals surface area contributed by atoms with Gasteiger partial charge in [-0.25, -0.2) is 8.42 Å². The number of hydrogen-bond donors (Lipinski definition) is 2. The molecule has 1 saturated heterocycles. The largest absolute Gasteiger partial charge is 0.313 e. The van der Waals surface area contributed by atoms with Crippen molar-refractivity contribution < 1.29 is 8.42 Å². The van der Waals surface area contributed by atoms with Gasteiger partial charge in [-0.05, 0) is 25.3 Å². The molecule has 1 aromatic rings. The molecular weight excluding hydrogens is 264 g/mol. The zero-order valence-electron chi connectivity index (χ0n) is 11.5. The Labute approximate surface area is 114 Å². The van der Waals surface area contributed by atoms with Gasteiger partial charge in [0.25, 0.3) is 10.0 Å².